The van der Waals surface area contributed by atoms with E-state index in [1.54, 1.807) is 0 Å². The van der Waals surface area contributed by atoms with E-state index in [0.717, 1.165) is 34.7 Å². The van der Waals surface area contributed by atoms with Crippen molar-refractivity contribution in [2.24, 2.45) is 0 Å². The van der Waals surface area contributed by atoms with Crippen LogP contribution in [0.4, 0.5) is 5.69 Å². The lowest BCUT2D eigenvalue weighted by Gasteiger charge is -2.30. The summed E-state index contributed by atoms with van der Waals surface area (Å²) in [6.07, 6.45) is 1.63. The third-order valence-electron chi connectivity index (χ3n) is 5.67. The summed E-state index contributed by atoms with van der Waals surface area (Å²) in [6, 6.07) is 23.2. The molecule has 0 saturated heterocycles. The average Bonchev–Trinajstić information content (AvgIpc) is 3.37. The highest BCUT2D eigenvalue weighted by atomic mass is 32.2. The fraction of sp³-hybridized carbons (Fsp3) is 0.154. The van der Waals surface area contributed by atoms with Crippen LogP contribution in [0.5, 0.6) is 0 Å². The molecular formula is C26H22N2O4S2. The second kappa shape index (κ2) is 9.40. The van der Waals surface area contributed by atoms with Crippen molar-refractivity contribution in [3.63, 3.8) is 0 Å². The lowest BCUT2D eigenvalue weighted by Crippen LogP contribution is -2.35. The molecule has 0 atom stereocenters. The predicted molar refractivity (Wildman–Crippen MR) is 132 cm³/mol. The lowest BCUT2D eigenvalue weighted by atomic mass is 10.0. The number of aromatic nitrogens is 1. The molecule has 0 unspecified atom stereocenters. The van der Waals surface area contributed by atoms with Crippen LogP contribution in [0.1, 0.15) is 28.0 Å². The Morgan fingerprint density at radius 2 is 1.71 bits per heavy atom. The van der Waals surface area contributed by atoms with Gasteiger partial charge in [-0.05, 0) is 48.7 Å². The van der Waals surface area contributed by atoms with Crippen LogP contribution < -0.4 is 4.31 Å². The van der Waals surface area contributed by atoms with Crippen molar-refractivity contribution >= 4 is 33.0 Å². The first-order valence-electron chi connectivity index (χ1n) is 10.9. The number of aryl methyl sites for hydroxylation is 1. The van der Waals surface area contributed by atoms with Gasteiger partial charge in [0.05, 0.1) is 21.8 Å². The summed E-state index contributed by atoms with van der Waals surface area (Å²) in [5, 5.41) is 2.72. The zero-order chi connectivity index (χ0) is 23.5. The molecule has 0 radical (unpaired) electrons. The number of thiazole rings is 1. The molecule has 2 heterocycles. The molecule has 1 aromatic heterocycles. The summed E-state index contributed by atoms with van der Waals surface area (Å²) in [4.78, 5) is 17.2. The molecule has 172 valence electrons. The van der Waals surface area contributed by atoms with Crippen LogP contribution in [0, 0.1) is 0 Å². The van der Waals surface area contributed by atoms with Crippen molar-refractivity contribution in [3.8, 4) is 10.6 Å². The van der Waals surface area contributed by atoms with Gasteiger partial charge in [0.1, 0.15) is 11.6 Å². The first-order valence-corrected chi connectivity index (χ1v) is 13.2. The summed E-state index contributed by atoms with van der Waals surface area (Å²) in [7, 11) is -3.72. The second-order valence-electron chi connectivity index (χ2n) is 7.92. The van der Waals surface area contributed by atoms with E-state index in [9.17, 15) is 13.2 Å². The number of sulfonamides is 1. The Labute approximate surface area is 202 Å². The van der Waals surface area contributed by atoms with Crippen LogP contribution in [-0.4, -0.2) is 25.9 Å². The third-order valence-corrected chi connectivity index (χ3v) is 8.44. The Balaban J connectivity index is 1.26. The summed E-state index contributed by atoms with van der Waals surface area (Å²) >= 11 is 1.49. The maximum absolute atomic E-state index is 13.3. The fourth-order valence-electron chi connectivity index (χ4n) is 3.95. The number of benzene rings is 3. The van der Waals surface area contributed by atoms with Gasteiger partial charge >= 0.3 is 5.97 Å². The summed E-state index contributed by atoms with van der Waals surface area (Å²) in [5.41, 5.74) is 3.71. The van der Waals surface area contributed by atoms with E-state index < -0.39 is 16.0 Å². The number of carbonyl (C=O) groups excluding carboxylic acids is 1. The Morgan fingerprint density at radius 3 is 2.50 bits per heavy atom. The van der Waals surface area contributed by atoms with E-state index in [2.05, 4.69) is 4.98 Å². The zero-order valence-corrected chi connectivity index (χ0v) is 19.9. The number of esters is 1. The van der Waals surface area contributed by atoms with Crippen molar-refractivity contribution in [1.29, 1.82) is 0 Å². The van der Waals surface area contributed by atoms with Crippen molar-refractivity contribution in [3.05, 3.63) is 101 Å². The van der Waals surface area contributed by atoms with E-state index in [1.165, 1.54) is 39.9 Å². The standard InChI is InChI=1S/C26H22N2O4S2/c29-26(32-17-22-18-33-25(27-22)20-8-2-1-3-9-20)21-12-14-23(15-13-21)34(30,31)28-16-6-10-19-7-4-5-11-24(19)28/h1-5,7-9,11-15,18H,6,10,16-17H2. The van der Waals surface area contributed by atoms with Crippen LogP contribution in [0.2, 0.25) is 0 Å². The van der Waals surface area contributed by atoms with Crippen LogP contribution in [0.3, 0.4) is 0 Å². The van der Waals surface area contributed by atoms with Crippen LogP contribution in [0.15, 0.2) is 89.1 Å². The van der Waals surface area contributed by atoms with Gasteiger partial charge in [0.2, 0.25) is 0 Å². The van der Waals surface area contributed by atoms with Gasteiger partial charge in [-0.25, -0.2) is 18.2 Å². The van der Waals surface area contributed by atoms with Crippen LogP contribution in [0.25, 0.3) is 10.6 Å². The largest absolute Gasteiger partial charge is 0.456 e. The third kappa shape index (κ3) is 4.47. The van der Waals surface area contributed by atoms with Crippen molar-refractivity contribution in [1.82, 2.24) is 4.98 Å². The molecule has 1 aliphatic heterocycles. The van der Waals surface area contributed by atoms with E-state index in [0.29, 0.717) is 12.2 Å². The molecule has 34 heavy (non-hydrogen) atoms. The molecule has 0 spiro atoms. The van der Waals surface area contributed by atoms with E-state index in [1.807, 2.05) is 60.0 Å². The van der Waals surface area contributed by atoms with Gasteiger partial charge in [-0.15, -0.1) is 11.3 Å². The van der Waals surface area contributed by atoms with Crippen molar-refractivity contribution < 1.29 is 17.9 Å². The first-order chi connectivity index (χ1) is 16.5. The highest BCUT2D eigenvalue weighted by Crippen LogP contribution is 2.32. The maximum atomic E-state index is 13.3. The Morgan fingerprint density at radius 1 is 0.971 bits per heavy atom. The molecule has 0 amide bonds. The topological polar surface area (TPSA) is 76.6 Å². The van der Waals surface area contributed by atoms with Crippen molar-refractivity contribution in [2.75, 3.05) is 10.8 Å². The number of hydrogen-bond acceptors (Lipinski definition) is 6. The van der Waals surface area contributed by atoms with Gasteiger partial charge in [0.25, 0.3) is 10.0 Å². The number of rotatable bonds is 6. The monoisotopic (exact) mass is 490 g/mol. The lowest BCUT2D eigenvalue weighted by molar-refractivity contribution is 0.0468. The predicted octanol–water partition coefficient (Wildman–Crippen LogP) is 5.31. The normalized spacial score (nSPS) is 13.4. The van der Waals surface area contributed by atoms with Crippen molar-refractivity contribution in [2.45, 2.75) is 24.3 Å². The van der Waals surface area contributed by atoms with Gasteiger partial charge in [-0.2, -0.15) is 0 Å². The molecule has 5 rings (SSSR count). The number of anilines is 1. The van der Waals surface area contributed by atoms with Gasteiger partial charge in [-0.1, -0.05) is 48.5 Å². The molecule has 0 fully saturated rings. The number of hydrogen-bond donors (Lipinski definition) is 0. The summed E-state index contributed by atoms with van der Waals surface area (Å²) in [5.74, 6) is -0.526. The molecule has 1 aliphatic rings. The molecular weight excluding hydrogens is 468 g/mol. The molecule has 3 aromatic carbocycles. The highest BCUT2D eigenvalue weighted by Gasteiger charge is 2.29. The maximum Gasteiger partial charge on any atom is 0.338 e. The number of para-hydroxylation sites is 1. The number of fused-ring (bicyclic) bond motifs is 1. The molecule has 0 bridgehead atoms. The Hall–Kier alpha value is -3.49. The SMILES string of the molecule is O=C(OCc1csc(-c2ccccc2)n1)c1ccc(S(=O)(=O)N2CCCc3ccccc32)cc1. The highest BCUT2D eigenvalue weighted by molar-refractivity contribution is 7.92. The minimum atomic E-state index is -3.72. The molecule has 6 nitrogen and oxygen atoms in total. The van der Waals surface area contributed by atoms with Gasteiger partial charge < -0.3 is 4.74 Å². The number of nitrogens with zero attached hydrogens (tertiary/aromatic N) is 2. The minimum absolute atomic E-state index is 0.0484. The number of carbonyl (C=O) groups is 1. The molecule has 0 aliphatic carbocycles. The quantitative estimate of drug-likeness (QED) is 0.343. The smallest absolute Gasteiger partial charge is 0.338 e. The molecule has 0 saturated carbocycles. The Kier molecular flexibility index (Phi) is 6.17. The van der Waals surface area contributed by atoms with Crippen LogP contribution in [-0.2, 0) is 27.8 Å². The molecule has 0 N–H and O–H groups in total. The Bertz CT molecular complexity index is 1410. The fourth-order valence-corrected chi connectivity index (χ4v) is 6.30. The first kappa shape index (κ1) is 22.3. The van der Waals surface area contributed by atoms with Gasteiger partial charge in [-0.3, -0.25) is 4.31 Å². The van der Waals surface area contributed by atoms with Crippen LogP contribution >= 0.6 is 11.3 Å². The summed E-state index contributed by atoms with van der Waals surface area (Å²) in [6.45, 7) is 0.481. The zero-order valence-electron chi connectivity index (χ0n) is 18.3. The van der Waals surface area contributed by atoms with Gasteiger partial charge in [0, 0.05) is 17.5 Å². The van der Waals surface area contributed by atoms with E-state index in [4.69, 9.17) is 4.74 Å². The average molecular weight is 491 g/mol. The van der Waals surface area contributed by atoms with Gasteiger partial charge in [0.15, 0.2) is 0 Å². The van der Waals surface area contributed by atoms with E-state index >= 15 is 0 Å². The minimum Gasteiger partial charge on any atom is -0.456 e. The second-order valence-corrected chi connectivity index (χ2v) is 10.6. The number of ether oxygens (including phenoxy) is 1. The molecule has 4 aromatic rings. The molecule has 8 heteroatoms. The summed E-state index contributed by atoms with van der Waals surface area (Å²) < 4.78 is 33.4. The van der Waals surface area contributed by atoms with E-state index in [-0.39, 0.29) is 17.1 Å².